The van der Waals surface area contributed by atoms with E-state index < -0.39 is 6.04 Å². The monoisotopic (exact) mass is 201 g/mol. The molecular formula is C9H19N3O2. The predicted octanol–water partition coefficient (Wildman–Crippen LogP) is -0.0828. The third-order valence-corrected chi connectivity index (χ3v) is 1.71. The fourth-order valence-electron chi connectivity index (χ4n) is 0.927. The average Bonchev–Trinajstić information content (AvgIpc) is 2.12. The molecule has 0 saturated heterocycles. The lowest BCUT2D eigenvalue weighted by Crippen LogP contribution is -2.49. The molecule has 1 unspecified atom stereocenters. The fraction of sp³-hybridized carbons (Fsp3) is 0.778. The van der Waals surface area contributed by atoms with E-state index in [0.29, 0.717) is 18.8 Å². The number of carbonyl (C=O) groups excluding carboxylic acids is 2. The van der Waals surface area contributed by atoms with E-state index in [-0.39, 0.29) is 11.8 Å². The van der Waals surface area contributed by atoms with Gasteiger partial charge in [0.05, 0.1) is 6.04 Å². The molecule has 5 nitrogen and oxygen atoms in total. The second kappa shape index (κ2) is 6.37. The molecule has 0 rings (SSSR count). The second-order valence-electron chi connectivity index (χ2n) is 3.63. The zero-order valence-corrected chi connectivity index (χ0v) is 8.96. The Morgan fingerprint density at radius 2 is 1.86 bits per heavy atom. The van der Waals surface area contributed by atoms with E-state index in [1.165, 1.54) is 0 Å². The van der Waals surface area contributed by atoms with Gasteiger partial charge in [0.25, 0.3) is 5.91 Å². The van der Waals surface area contributed by atoms with Crippen molar-refractivity contribution in [2.45, 2.75) is 39.7 Å². The summed E-state index contributed by atoms with van der Waals surface area (Å²) in [5.41, 5.74) is 10.1. The minimum absolute atomic E-state index is 0.227. The van der Waals surface area contributed by atoms with E-state index in [9.17, 15) is 9.59 Å². The first-order valence-corrected chi connectivity index (χ1v) is 4.81. The van der Waals surface area contributed by atoms with Crippen LogP contribution in [0.4, 0.5) is 0 Å². The van der Waals surface area contributed by atoms with Gasteiger partial charge in [0, 0.05) is 6.42 Å². The summed E-state index contributed by atoms with van der Waals surface area (Å²) in [6, 6.07) is -0.563. The van der Waals surface area contributed by atoms with Gasteiger partial charge in [-0.05, 0) is 12.3 Å². The lowest BCUT2D eigenvalue weighted by atomic mass is 10.0. The minimum atomic E-state index is -0.563. The topological polar surface area (TPSA) is 84.2 Å². The molecule has 5 heteroatoms. The number of amides is 2. The SMILES string of the molecule is CCC(=O)NNC(=O)C(N)CC(C)C. The van der Waals surface area contributed by atoms with Gasteiger partial charge in [0.15, 0.2) is 0 Å². The third-order valence-electron chi connectivity index (χ3n) is 1.71. The van der Waals surface area contributed by atoms with Crippen molar-refractivity contribution in [3.63, 3.8) is 0 Å². The Bertz CT molecular complexity index is 204. The van der Waals surface area contributed by atoms with Crippen molar-refractivity contribution in [3.05, 3.63) is 0 Å². The maximum Gasteiger partial charge on any atom is 0.255 e. The third kappa shape index (κ3) is 5.53. The van der Waals surface area contributed by atoms with Crippen molar-refractivity contribution in [2.24, 2.45) is 11.7 Å². The predicted molar refractivity (Wildman–Crippen MR) is 54.0 cm³/mol. The molecule has 0 fully saturated rings. The van der Waals surface area contributed by atoms with Crippen LogP contribution in [0.25, 0.3) is 0 Å². The highest BCUT2D eigenvalue weighted by molar-refractivity contribution is 5.84. The largest absolute Gasteiger partial charge is 0.320 e. The molecule has 0 aliphatic heterocycles. The molecule has 1 atom stereocenters. The van der Waals surface area contributed by atoms with Crippen molar-refractivity contribution in [1.29, 1.82) is 0 Å². The van der Waals surface area contributed by atoms with Crippen LogP contribution in [0.3, 0.4) is 0 Å². The molecule has 2 amide bonds. The zero-order chi connectivity index (χ0) is 11.1. The molecule has 0 bridgehead atoms. The van der Waals surface area contributed by atoms with Gasteiger partial charge in [-0.1, -0.05) is 20.8 Å². The average molecular weight is 201 g/mol. The lowest BCUT2D eigenvalue weighted by molar-refractivity contribution is -0.129. The van der Waals surface area contributed by atoms with E-state index >= 15 is 0 Å². The Morgan fingerprint density at radius 1 is 1.29 bits per heavy atom. The number of hydrogen-bond donors (Lipinski definition) is 3. The summed E-state index contributed by atoms with van der Waals surface area (Å²) >= 11 is 0. The normalized spacial score (nSPS) is 12.4. The van der Waals surface area contributed by atoms with Gasteiger partial charge in [0.2, 0.25) is 5.91 Å². The van der Waals surface area contributed by atoms with E-state index in [0.717, 1.165) is 0 Å². The summed E-state index contributed by atoms with van der Waals surface area (Å²) in [6.07, 6.45) is 0.938. The van der Waals surface area contributed by atoms with E-state index in [2.05, 4.69) is 10.9 Å². The molecule has 0 saturated carbocycles. The van der Waals surface area contributed by atoms with Crippen LogP contribution in [-0.2, 0) is 9.59 Å². The lowest BCUT2D eigenvalue weighted by Gasteiger charge is -2.14. The number of nitrogens with two attached hydrogens (primary N) is 1. The van der Waals surface area contributed by atoms with Gasteiger partial charge in [-0.15, -0.1) is 0 Å². The summed E-state index contributed by atoms with van der Waals surface area (Å²) in [7, 11) is 0. The molecule has 14 heavy (non-hydrogen) atoms. The Kier molecular flexibility index (Phi) is 5.87. The summed E-state index contributed by atoms with van der Waals surface area (Å²) in [5.74, 6) is -0.215. The summed E-state index contributed by atoms with van der Waals surface area (Å²) in [5, 5.41) is 0. The van der Waals surface area contributed by atoms with Crippen LogP contribution in [0.15, 0.2) is 0 Å². The molecule has 0 aromatic carbocycles. The van der Waals surface area contributed by atoms with Crippen molar-refractivity contribution in [2.75, 3.05) is 0 Å². The number of hydrazine groups is 1. The summed E-state index contributed by atoms with van der Waals surface area (Å²) < 4.78 is 0. The van der Waals surface area contributed by atoms with Gasteiger partial charge in [-0.2, -0.15) is 0 Å². The summed E-state index contributed by atoms with van der Waals surface area (Å²) in [4.78, 5) is 22.0. The van der Waals surface area contributed by atoms with Crippen molar-refractivity contribution >= 4 is 11.8 Å². The molecule has 4 N–H and O–H groups in total. The van der Waals surface area contributed by atoms with Gasteiger partial charge < -0.3 is 5.73 Å². The van der Waals surface area contributed by atoms with E-state index in [1.807, 2.05) is 13.8 Å². The van der Waals surface area contributed by atoms with Gasteiger partial charge >= 0.3 is 0 Å². The highest BCUT2D eigenvalue weighted by atomic mass is 16.2. The summed E-state index contributed by atoms with van der Waals surface area (Å²) in [6.45, 7) is 5.67. The second-order valence-corrected chi connectivity index (χ2v) is 3.63. The van der Waals surface area contributed by atoms with Crippen LogP contribution < -0.4 is 16.6 Å². The minimum Gasteiger partial charge on any atom is -0.320 e. The van der Waals surface area contributed by atoms with Crippen LogP contribution in [0.5, 0.6) is 0 Å². The fourth-order valence-corrected chi connectivity index (χ4v) is 0.927. The standard InChI is InChI=1S/C9H19N3O2/c1-4-8(13)11-12-9(14)7(10)5-6(2)3/h6-7H,4-5,10H2,1-3H3,(H,11,13)(H,12,14). The van der Waals surface area contributed by atoms with Crippen LogP contribution in [0.1, 0.15) is 33.6 Å². The molecule has 0 heterocycles. The number of carbonyl (C=O) groups is 2. The van der Waals surface area contributed by atoms with Crippen molar-refractivity contribution in [1.82, 2.24) is 10.9 Å². The van der Waals surface area contributed by atoms with Crippen LogP contribution >= 0.6 is 0 Å². The molecule has 0 spiro atoms. The van der Waals surface area contributed by atoms with Crippen molar-refractivity contribution < 1.29 is 9.59 Å². The molecule has 0 radical (unpaired) electrons. The quantitative estimate of drug-likeness (QED) is 0.556. The Morgan fingerprint density at radius 3 is 2.29 bits per heavy atom. The number of hydrogen-bond acceptors (Lipinski definition) is 3. The number of nitrogens with one attached hydrogen (secondary N) is 2. The van der Waals surface area contributed by atoms with Crippen LogP contribution in [-0.4, -0.2) is 17.9 Å². The molecule has 0 aromatic heterocycles. The molecule has 0 aromatic rings. The van der Waals surface area contributed by atoms with Crippen LogP contribution in [0.2, 0.25) is 0 Å². The Balaban J connectivity index is 3.78. The van der Waals surface area contributed by atoms with Gasteiger partial charge in [0.1, 0.15) is 0 Å². The maximum absolute atomic E-state index is 11.2. The Labute approximate surface area is 84.4 Å². The smallest absolute Gasteiger partial charge is 0.255 e. The molecule has 0 aliphatic rings. The zero-order valence-electron chi connectivity index (χ0n) is 8.96. The highest BCUT2D eigenvalue weighted by Crippen LogP contribution is 2.01. The van der Waals surface area contributed by atoms with Crippen LogP contribution in [0, 0.1) is 5.92 Å². The molecular weight excluding hydrogens is 182 g/mol. The van der Waals surface area contributed by atoms with Gasteiger partial charge in [-0.3, -0.25) is 20.4 Å². The first-order chi connectivity index (χ1) is 6.47. The Hall–Kier alpha value is -1.10. The molecule has 82 valence electrons. The molecule has 0 aliphatic carbocycles. The maximum atomic E-state index is 11.2. The first kappa shape index (κ1) is 12.9. The van der Waals surface area contributed by atoms with Crippen molar-refractivity contribution in [3.8, 4) is 0 Å². The number of rotatable bonds is 4. The van der Waals surface area contributed by atoms with Gasteiger partial charge in [-0.25, -0.2) is 0 Å². The van der Waals surface area contributed by atoms with E-state index in [4.69, 9.17) is 5.73 Å². The first-order valence-electron chi connectivity index (χ1n) is 4.81. The van der Waals surface area contributed by atoms with E-state index in [1.54, 1.807) is 6.92 Å². The highest BCUT2D eigenvalue weighted by Gasteiger charge is 2.14.